The Labute approximate surface area is 171 Å². The minimum absolute atomic E-state index is 0.131. The summed E-state index contributed by atoms with van der Waals surface area (Å²) in [4.78, 5) is 2.46. The molecule has 0 saturated carbocycles. The third kappa shape index (κ3) is 5.42. The zero-order valence-corrected chi connectivity index (χ0v) is 17.3. The number of halogens is 1. The van der Waals surface area contributed by atoms with Crippen LogP contribution in [0.15, 0.2) is 48.5 Å². The number of nitrogens with one attached hydrogen (secondary N) is 2. The van der Waals surface area contributed by atoms with Gasteiger partial charge in [0.1, 0.15) is 0 Å². The largest absolute Gasteiger partial charge is 0.379 e. The summed E-state index contributed by atoms with van der Waals surface area (Å²) < 4.78 is 5.53. The highest BCUT2D eigenvalue weighted by molar-refractivity contribution is 7.80. The Morgan fingerprint density at radius 3 is 2.52 bits per heavy atom. The van der Waals surface area contributed by atoms with E-state index in [1.807, 2.05) is 31.2 Å². The second kappa shape index (κ2) is 9.51. The van der Waals surface area contributed by atoms with Crippen LogP contribution in [0.3, 0.4) is 0 Å². The van der Waals surface area contributed by atoms with Crippen LogP contribution in [0.25, 0.3) is 0 Å². The van der Waals surface area contributed by atoms with Crippen LogP contribution in [0.4, 0.5) is 5.69 Å². The Kier molecular flexibility index (Phi) is 7.07. The lowest BCUT2D eigenvalue weighted by atomic mass is 9.98. The number of ether oxygens (including phenoxy) is 1. The summed E-state index contributed by atoms with van der Waals surface area (Å²) >= 11 is 11.8. The van der Waals surface area contributed by atoms with Crippen LogP contribution in [0, 0.1) is 6.92 Å². The molecule has 1 heterocycles. The fourth-order valence-corrected chi connectivity index (χ4v) is 3.93. The van der Waals surface area contributed by atoms with Crippen molar-refractivity contribution in [2.75, 3.05) is 31.6 Å². The standard InChI is InChI=1S/C21H26ClN3OS/c1-15-8-9-18(14-19(15)22)24-21(27)23-16(2)20(17-6-4-3-5-7-17)25-10-12-26-13-11-25/h3-9,14,16,20H,10-13H2,1-2H3,(H2,23,24,27)/t16-,20-/m0/s1. The number of benzene rings is 2. The fourth-order valence-electron chi connectivity index (χ4n) is 3.45. The maximum Gasteiger partial charge on any atom is 0.171 e. The van der Waals surface area contributed by atoms with Crippen molar-refractivity contribution >= 4 is 34.6 Å². The first kappa shape index (κ1) is 20.1. The van der Waals surface area contributed by atoms with Crippen LogP contribution in [0.5, 0.6) is 0 Å². The Morgan fingerprint density at radius 2 is 1.85 bits per heavy atom. The molecule has 0 aliphatic carbocycles. The molecule has 2 atom stereocenters. The first-order valence-electron chi connectivity index (χ1n) is 9.25. The summed E-state index contributed by atoms with van der Waals surface area (Å²) in [5.74, 6) is 0. The van der Waals surface area contributed by atoms with Gasteiger partial charge in [0.05, 0.1) is 19.3 Å². The van der Waals surface area contributed by atoms with Gasteiger partial charge in [0.25, 0.3) is 0 Å². The number of anilines is 1. The Bertz CT molecular complexity index is 765. The van der Waals surface area contributed by atoms with Gasteiger partial charge in [-0.2, -0.15) is 0 Å². The minimum atomic E-state index is 0.131. The van der Waals surface area contributed by atoms with Crippen molar-refractivity contribution in [2.24, 2.45) is 0 Å². The highest BCUT2D eigenvalue weighted by atomic mass is 35.5. The van der Waals surface area contributed by atoms with Crippen LogP contribution >= 0.6 is 23.8 Å². The van der Waals surface area contributed by atoms with Crippen LogP contribution in [-0.2, 0) is 4.74 Å². The number of hydrogen-bond donors (Lipinski definition) is 2. The predicted octanol–water partition coefficient (Wildman–Crippen LogP) is 4.40. The number of hydrogen-bond acceptors (Lipinski definition) is 3. The smallest absolute Gasteiger partial charge is 0.171 e. The summed E-state index contributed by atoms with van der Waals surface area (Å²) in [5, 5.41) is 8.02. The highest BCUT2D eigenvalue weighted by Gasteiger charge is 2.28. The summed E-state index contributed by atoms with van der Waals surface area (Å²) in [6.07, 6.45) is 0. The van der Waals surface area contributed by atoms with E-state index < -0.39 is 0 Å². The van der Waals surface area contributed by atoms with Crippen molar-refractivity contribution in [2.45, 2.75) is 25.9 Å². The molecule has 0 amide bonds. The third-order valence-electron chi connectivity index (χ3n) is 4.84. The molecule has 0 aromatic heterocycles. The molecule has 144 valence electrons. The molecule has 1 aliphatic rings. The lowest BCUT2D eigenvalue weighted by Crippen LogP contribution is -2.49. The Balaban J connectivity index is 1.70. The zero-order valence-electron chi connectivity index (χ0n) is 15.7. The maximum absolute atomic E-state index is 6.21. The first-order chi connectivity index (χ1) is 13.0. The van der Waals surface area contributed by atoms with Gasteiger partial charge in [0.2, 0.25) is 0 Å². The average molecular weight is 404 g/mol. The summed E-state index contributed by atoms with van der Waals surface area (Å²) in [5.41, 5.74) is 3.21. The fraction of sp³-hybridized carbons (Fsp3) is 0.381. The molecule has 6 heteroatoms. The van der Waals surface area contributed by atoms with Gasteiger partial charge in [-0.1, -0.05) is 48.0 Å². The molecule has 3 rings (SSSR count). The topological polar surface area (TPSA) is 36.5 Å². The van der Waals surface area contributed by atoms with Gasteiger partial charge < -0.3 is 15.4 Å². The van der Waals surface area contributed by atoms with E-state index in [2.05, 4.69) is 46.7 Å². The number of nitrogens with zero attached hydrogens (tertiary/aromatic N) is 1. The van der Waals surface area contributed by atoms with Crippen molar-refractivity contribution in [3.63, 3.8) is 0 Å². The summed E-state index contributed by atoms with van der Waals surface area (Å²) in [7, 11) is 0. The number of aryl methyl sites for hydroxylation is 1. The molecule has 1 fully saturated rings. The van der Waals surface area contributed by atoms with E-state index in [4.69, 9.17) is 28.6 Å². The van der Waals surface area contributed by atoms with Gasteiger partial charge in [0.15, 0.2) is 5.11 Å². The predicted molar refractivity (Wildman–Crippen MR) is 117 cm³/mol. The molecule has 0 spiro atoms. The number of morpholine rings is 1. The molecule has 27 heavy (non-hydrogen) atoms. The van der Waals surface area contributed by atoms with Crippen LogP contribution < -0.4 is 10.6 Å². The van der Waals surface area contributed by atoms with Crippen molar-refractivity contribution in [3.8, 4) is 0 Å². The molecule has 2 aromatic carbocycles. The SMILES string of the molecule is Cc1ccc(NC(=S)N[C@@H](C)[C@@H](c2ccccc2)N2CCOCC2)cc1Cl. The van der Waals surface area contributed by atoms with Gasteiger partial charge >= 0.3 is 0 Å². The van der Waals surface area contributed by atoms with E-state index in [1.165, 1.54) is 5.56 Å². The number of rotatable bonds is 5. The molecule has 4 nitrogen and oxygen atoms in total. The maximum atomic E-state index is 6.21. The summed E-state index contributed by atoms with van der Waals surface area (Å²) in [6, 6.07) is 16.8. The lowest BCUT2D eigenvalue weighted by molar-refractivity contribution is 0.0102. The van der Waals surface area contributed by atoms with Crippen LogP contribution in [-0.4, -0.2) is 42.4 Å². The quantitative estimate of drug-likeness (QED) is 0.724. The molecular formula is C21H26ClN3OS. The molecule has 0 radical (unpaired) electrons. The number of thiocarbonyl (C=S) groups is 1. The van der Waals surface area contributed by atoms with Gasteiger partial charge in [-0.05, 0) is 49.3 Å². The van der Waals surface area contributed by atoms with Gasteiger partial charge in [-0.15, -0.1) is 0 Å². The van der Waals surface area contributed by atoms with E-state index in [9.17, 15) is 0 Å². The zero-order chi connectivity index (χ0) is 19.2. The Hall–Kier alpha value is -1.66. The van der Waals surface area contributed by atoms with Crippen LogP contribution in [0.2, 0.25) is 5.02 Å². The van der Waals surface area contributed by atoms with Crippen molar-refractivity contribution in [1.29, 1.82) is 0 Å². The van der Waals surface area contributed by atoms with E-state index in [-0.39, 0.29) is 12.1 Å². The van der Waals surface area contributed by atoms with E-state index in [0.29, 0.717) is 5.11 Å². The average Bonchev–Trinajstić information content (AvgIpc) is 2.66. The first-order valence-corrected chi connectivity index (χ1v) is 10.0. The third-order valence-corrected chi connectivity index (χ3v) is 5.47. The van der Waals surface area contributed by atoms with Crippen molar-refractivity contribution < 1.29 is 4.74 Å². The second-order valence-corrected chi connectivity index (χ2v) is 7.67. The van der Waals surface area contributed by atoms with Gasteiger partial charge in [-0.25, -0.2) is 0 Å². The monoisotopic (exact) mass is 403 g/mol. The molecule has 1 saturated heterocycles. The highest BCUT2D eigenvalue weighted by Crippen LogP contribution is 2.26. The second-order valence-electron chi connectivity index (χ2n) is 6.85. The van der Waals surface area contributed by atoms with E-state index in [0.717, 1.165) is 42.6 Å². The van der Waals surface area contributed by atoms with Gasteiger partial charge in [0, 0.05) is 29.8 Å². The molecular weight excluding hydrogens is 378 g/mol. The summed E-state index contributed by atoms with van der Waals surface area (Å²) in [6.45, 7) is 7.51. The minimum Gasteiger partial charge on any atom is -0.379 e. The van der Waals surface area contributed by atoms with Gasteiger partial charge in [-0.3, -0.25) is 4.90 Å². The van der Waals surface area contributed by atoms with Crippen molar-refractivity contribution in [1.82, 2.24) is 10.2 Å². The van der Waals surface area contributed by atoms with E-state index >= 15 is 0 Å². The van der Waals surface area contributed by atoms with Crippen LogP contribution in [0.1, 0.15) is 24.1 Å². The van der Waals surface area contributed by atoms with E-state index in [1.54, 1.807) is 0 Å². The van der Waals surface area contributed by atoms with Crippen molar-refractivity contribution in [3.05, 3.63) is 64.7 Å². The lowest BCUT2D eigenvalue weighted by Gasteiger charge is -2.38. The Morgan fingerprint density at radius 1 is 1.15 bits per heavy atom. The molecule has 2 aromatic rings. The normalized spacial score (nSPS) is 17.1. The molecule has 0 unspecified atom stereocenters. The molecule has 1 aliphatic heterocycles. The molecule has 0 bridgehead atoms. The molecule has 2 N–H and O–H groups in total.